The molecule has 1 aromatic heterocycles. The van der Waals surface area contributed by atoms with Crippen LogP contribution >= 0.6 is 15.9 Å². The SMILES string of the molecule is CCNCCc1nnc(-c2cccc(Br)c2)o1. The summed E-state index contributed by atoms with van der Waals surface area (Å²) in [4.78, 5) is 0. The molecule has 0 saturated heterocycles. The lowest BCUT2D eigenvalue weighted by atomic mass is 10.2. The summed E-state index contributed by atoms with van der Waals surface area (Å²) in [7, 11) is 0. The van der Waals surface area contributed by atoms with Crippen LogP contribution in [0, 0.1) is 0 Å². The number of hydrogen-bond donors (Lipinski definition) is 1. The molecule has 1 aromatic carbocycles. The predicted molar refractivity (Wildman–Crippen MR) is 69.7 cm³/mol. The van der Waals surface area contributed by atoms with Crippen LogP contribution in [0.3, 0.4) is 0 Å². The summed E-state index contributed by atoms with van der Waals surface area (Å²) in [6.07, 6.45) is 0.759. The Labute approximate surface area is 109 Å². The topological polar surface area (TPSA) is 51.0 Å². The van der Waals surface area contributed by atoms with Gasteiger partial charge in [0.1, 0.15) is 0 Å². The minimum Gasteiger partial charge on any atom is -0.421 e. The van der Waals surface area contributed by atoms with E-state index in [0.29, 0.717) is 11.8 Å². The van der Waals surface area contributed by atoms with E-state index in [1.165, 1.54) is 0 Å². The third kappa shape index (κ3) is 3.38. The van der Waals surface area contributed by atoms with Crippen LogP contribution in [0.15, 0.2) is 33.2 Å². The third-order valence-corrected chi connectivity index (χ3v) is 2.80. The molecule has 0 radical (unpaired) electrons. The molecule has 17 heavy (non-hydrogen) atoms. The maximum Gasteiger partial charge on any atom is 0.247 e. The van der Waals surface area contributed by atoms with Gasteiger partial charge in [-0.05, 0) is 24.7 Å². The molecule has 0 aliphatic heterocycles. The van der Waals surface area contributed by atoms with Gasteiger partial charge < -0.3 is 9.73 Å². The van der Waals surface area contributed by atoms with Crippen LogP contribution in [0.25, 0.3) is 11.5 Å². The fraction of sp³-hybridized carbons (Fsp3) is 0.333. The Morgan fingerprint density at radius 1 is 1.35 bits per heavy atom. The Bertz CT molecular complexity index is 484. The van der Waals surface area contributed by atoms with Crippen LogP contribution in [0.2, 0.25) is 0 Å². The van der Waals surface area contributed by atoms with E-state index in [2.05, 4.69) is 38.4 Å². The highest BCUT2D eigenvalue weighted by Gasteiger charge is 2.08. The second kappa shape index (κ2) is 5.93. The standard InChI is InChI=1S/C12H14BrN3O/c1-2-14-7-6-11-15-16-12(17-11)9-4-3-5-10(13)8-9/h3-5,8,14H,2,6-7H2,1H3. The number of halogens is 1. The predicted octanol–water partition coefficient (Wildman–Crippen LogP) is 2.65. The fourth-order valence-electron chi connectivity index (χ4n) is 1.46. The van der Waals surface area contributed by atoms with E-state index in [1.54, 1.807) is 0 Å². The van der Waals surface area contributed by atoms with Crippen molar-refractivity contribution in [1.82, 2.24) is 15.5 Å². The number of nitrogens with one attached hydrogen (secondary N) is 1. The molecule has 0 aliphatic rings. The lowest BCUT2D eigenvalue weighted by Crippen LogP contribution is -2.16. The van der Waals surface area contributed by atoms with Crippen molar-refractivity contribution in [2.45, 2.75) is 13.3 Å². The van der Waals surface area contributed by atoms with Gasteiger partial charge in [0.05, 0.1) is 0 Å². The molecule has 4 nitrogen and oxygen atoms in total. The van der Waals surface area contributed by atoms with Crippen LogP contribution in [-0.4, -0.2) is 23.3 Å². The number of likely N-dealkylation sites (N-methyl/N-ethyl adjacent to an activating group) is 1. The van der Waals surface area contributed by atoms with Crippen molar-refractivity contribution in [3.8, 4) is 11.5 Å². The number of rotatable bonds is 5. The van der Waals surface area contributed by atoms with Gasteiger partial charge in [0.25, 0.3) is 0 Å². The molecule has 90 valence electrons. The zero-order valence-corrected chi connectivity index (χ0v) is 11.2. The maximum atomic E-state index is 5.59. The highest BCUT2D eigenvalue weighted by atomic mass is 79.9. The number of aromatic nitrogens is 2. The summed E-state index contributed by atoms with van der Waals surface area (Å²) in [5.41, 5.74) is 0.932. The van der Waals surface area contributed by atoms with Gasteiger partial charge in [0, 0.05) is 23.0 Å². The van der Waals surface area contributed by atoms with E-state index >= 15 is 0 Å². The van der Waals surface area contributed by atoms with Crippen molar-refractivity contribution < 1.29 is 4.42 Å². The molecule has 2 aromatic rings. The number of hydrogen-bond acceptors (Lipinski definition) is 4. The Kier molecular flexibility index (Phi) is 4.28. The van der Waals surface area contributed by atoms with Gasteiger partial charge in [-0.15, -0.1) is 10.2 Å². The minimum absolute atomic E-state index is 0.567. The first-order valence-electron chi connectivity index (χ1n) is 5.58. The molecule has 1 heterocycles. The van der Waals surface area contributed by atoms with Gasteiger partial charge in [-0.3, -0.25) is 0 Å². The Balaban J connectivity index is 2.07. The summed E-state index contributed by atoms with van der Waals surface area (Å²) in [6, 6.07) is 7.82. The minimum atomic E-state index is 0.567. The quantitative estimate of drug-likeness (QED) is 0.862. The number of nitrogens with zero attached hydrogens (tertiary/aromatic N) is 2. The Hall–Kier alpha value is -1.20. The smallest absolute Gasteiger partial charge is 0.247 e. The number of benzene rings is 1. The average molecular weight is 296 g/mol. The first kappa shape index (κ1) is 12.3. The summed E-state index contributed by atoms with van der Waals surface area (Å²) >= 11 is 3.42. The molecule has 0 amide bonds. The first-order chi connectivity index (χ1) is 8.29. The zero-order chi connectivity index (χ0) is 12.1. The highest BCUT2D eigenvalue weighted by Crippen LogP contribution is 2.21. The summed E-state index contributed by atoms with van der Waals surface area (Å²) in [5.74, 6) is 1.23. The maximum absolute atomic E-state index is 5.59. The Morgan fingerprint density at radius 2 is 2.24 bits per heavy atom. The van der Waals surface area contributed by atoms with Crippen molar-refractivity contribution >= 4 is 15.9 Å². The van der Waals surface area contributed by atoms with Gasteiger partial charge >= 0.3 is 0 Å². The highest BCUT2D eigenvalue weighted by molar-refractivity contribution is 9.10. The van der Waals surface area contributed by atoms with E-state index in [4.69, 9.17) is 4.42 Å². The van der Waals surface area contributed by atoms with Crippen LogP contribution < -0.4 is 5.32 Å². The molecule has 5 heteroatoms. The van der Waals surface area contributed by atoms with E-state index in [-0.39, 0.29) is 0 Å². The first-order valence-corrected chi connectivity index (χ1v) is 6.38. The molecule has 0 saturated carbocycles. The molecule has 0 unspecified atom stereocenters. The monoisotopic (exact) mass is 295 g/mol. The molecular weight excluding hydrogens is 282 g/mol. The molecule has 0 atom stereocenters. The van der Waals surface area contributed by atoms with Gasteiger partial charge in [-0.2, -0.15) is 0 Å². The lowest BCUT2D eigenvalue weighted by Gasteiger charge is -1.97. The normalized spacial score (nSPS) is 10.7. The van der Waals surface area contributed by atoms with Crippen LogP contribution in [0.1, 0.15) is 12.8 Å². The van der Waals surface area contributed by atoms with E-state index in [0.717, 1.165) is 29.5 Å². The van der Waals surface area contributed by atoms with Crippen molar-refractivity contribution in [3.63, 3.8) is 0 Å². The zero-order valence-electron chi connectivity index (χ0n) is 9.61. The summed E-state index contributed by atoms with van der Waals surface area (Å²) in [5, 5.41) is 11.3. The van der Waals surface area contributed by atoms with E-state index < -0.39 is 0 Å². The molecule has 1 N–H and O–H groups in total. The van der Waals surface area contributed by atoms with Gasteiger partial charge in [0.15, 0.2) is 0 Å². The third-order valence-electron chi connectivity index (χ3n) is 2.30. The van der Waals surface area contributed by atoms with Crippen LogP contribution in [0.4, 0.5) is 0 Å². The second-order valence-electron chi connectivity index (χ2n) is 3.61. The Morgan fingerprint density at radius 3 is 3.00 bits per heavy atom. The average Bonchev–Trinajstić information content (AvgIpc) is 2.78. The van der Waals surface area contributed by atoms with Gasteiger partial charge in [0.2, 0.25) is 11.8 Å². The molecule has 0 spiro atoms. The summed E-state index contributed by atoms with van der Waals surface area (Å²) < 4.78 is 6.59. The van der Waals surface area contributed by atoms with E-state index in [9.17, 15) is 0 Å². The van der Waals surface area contributed by atoms with Crippen molar-refractivity contribution in [2.75, 3.05) is 13.1 Å². The molecule has 0 aliphatic carbocycles. The van der Waals surface area contributed by atoms with Crippen molar-refractivity contribution in [1.29, 1.82) is 0 Å². The molecule has 0 fully saturated rings. The van der Waals surface area contributed by atoms with Crippen LogP contribution in [-0.2, 0) is 6.42 Å². The molecule has 2 rings (SSSR count). The van der Waals surface area contributed by atoms with Gasteiger partial charge in [-0.25, -0.2) is 0 Å². The molecular formula is C12H14BrN3O. The van der Waals surface area contributed by atoms with Gasteiger partial charge in [-0.1, -0.05) is 28.9 Å². The van der Waals surface area contributed by atoms with E-state index in [1.807, 2.05) is 24.3 Å². The fourth-order valence-corrected chi connectivity index (χ4v) is 1.86. The largest absolute Gasteiger partial charge is 0.421 e. The molecule has 0 bridgehead atoms. The van der Waals surface area contributed by atoms with Crippen LogP contribution in [0.5, 0.6) is 0 Å². The second-order valence-corrected chi connectivity index (χ2v) is 4.53. The lowest BCUT2D eigenvalue weighted by molar-refractivity contribution is 0.496. The van der Waals surface area contributed by atoms with Crippen molar-refractivity contribution in [3.05, 3.63) is 34.6 Å². The van der Waals surface area contributed by atoms with Crippen molar-refractivity contribution in [2.24, 2.45) is 0 Å². The summed E-state index contributed by atoms with van der Waals surface area (Å²) in [6.45, 7) is 3.88.